The Hall–Kier alpha value is -2.11. The van der Waals surface area contributed by atoms with Crippen LogP contribution in [0.3, 0.4) is 0 Å². The van der Waals surface area contributed by atoms with Gasteiger partial charge in [-0.3, -0.25) is 9.20 Å². The number of carbonyl (C=O) groups excluding carboxylic acids is 1. The third kappa shape index (κ3) is 2.84. The van der Waals surface area contributed by atoms with Crippen molar-refractivity contribution < 1.29 is 4.79 Å². The summed E-state index contributed by atoms with van der Waals surface area (Å²) in [5, 5.41) is 7.09. The van der Waals surface area contributed by atoms with Gasteiger partial charge < -0.3 is 5.32 Å². The molecule has 0 saturated heterocycles. The van der Waals surface area contributed by atoms with E-state index in [9.17, 15) is 9.59 Å². The van der Waals surface area contributed by atoms with E-state index in [-0.39, 0.29) is 24.2 Å². The van der Waals surface area contributed by atoms with Crippen LogP contribution in [0.5, 0.6) is 0 Å². The summed E-state index contributed by atoms with van der Waals surface area (Å²) in [7, 11) is 0. The van der Waals surface area contributed by atoms with E-state index in [1.165, 1.54) is 15.5 Å². The maximum Gasteiger partial charge on any atom is 0.349 e. The molecule has 1 aliphatic rings. The first kappa shape index (κ1) is 13.9. The van der Waals surface area contributed by atoms with Gasteiger partial charge in [0.1, 0.15) is 6.54 Å². The lowest BCUT2D eigenvalue weighted by Gasteiger charge is -2.29. The summed E-state index contributed by atoms with van der Waals surface area (Å²) >= 11 is 0. The Labute approximate surface area is 122 Å². The second-order valence-corrected chi connectivity index (χ2v) is 5.82. The van der Waals surface area contributed by atoms with E-state index >= 15 is 0 Å². The minimum atomic E-state index is -0.288. The molecule has 2 heterocycles. The van der Waals surface area contributed by atoms with E-state index in [1.54, 1.807) is 18.5 Å². The molecule has 0 radical (unpaired) electrons. The highest BCUT2D eigenvalue weighted by atomic mass is 16.2. The summed E-state index contributed by atoms with van der Waals surface area (Å²) in [6.45, 7) is 2.14. The Bertz CT molecular complexity index is 703. The molecule has 1 amide bonds. The molecular formula is C15H20N4O2. The second kappa shape index (κ2) is 5.71. The van der Waals surface area contributed by atoms with Crippen molar-refractivity contribution in [3.8, 4) is 0 Å². The molecule has 0 aromatic carbocycles. The smallest absolute Gasteiger partial charge is 0.349 e. The number of carbonyl (C=O) groups is 1. The van der Waals surface area contributed by atoms with Gasteiger partial charge in [-0.1, -0.05) is 19.8 Å². The zero-order valence-corrected chi connectivity index (χ0v) is 12.2. The van der Waals surface area contributed by atoms with Gasteiger partial charge in [-0.05, 0) is 30.9 Å². The fourth-order valence-electron chi connectivity index (χ4n) is 3.00. The van der Waals surface area contributed by atoms with Crippen LogP contribution in [0.2, 0.25) is 0 Å². The first-order valence-electron chi connectivity index (χ1n) is 7.48. The summed E-state index contributed by atoms with van der Waals surface area (Å²) in [5.41, 5.74) is 0.446. The van der Waals surface area contributed by atoms with Crippen LogP contribution in [0.1, 0.15) is 32.6 Å². The van der Waals surface area contributed by atoms with Crippen LogP contribution in [0, 0.1) is 5.92 Å². The van der Waals surface area contributed by atoms with Gasteiger partial charge in [-0.2, -0.15) is 5.10 Å². The normalized spacial score (nSPS) is 22.3. The fourth-order valence-corrected chi connectivity index (χ4v) is 3.00. The summed E-state index contributed by atoms with van der Waals surface area (Å²) in [6, 6.07) is 3.81. The van der Waals surface area contributed by atoms with Crippen molar-refractivity contribution in [3.05, 3.63) is 35.0 Å². The molecule has 1 saturated carbocycles. The second-order valence-electron chi connectivity index (χ2n) is 5.82. The molecule has 21 heavy (non-hydrogen) atoms. The topological polar surface area (TPSA) is 68.4 Å². The van der Waals surface area contributed by atoms with Gasteiger partial charge in [0.05, 0.1) is 11.7 Å². The van der Waals surface area contributed by atoms with E-state index < -0.39 is 0 Å². The molecule has 1 fully saturated rings. The number of fused-ring (bicyclic) bond motifs is 1. The van der Waals surface area contributed by atoms with Gasteiger partial charge in [-0.15, -0.1) is 0 Å². The van der Waals surface area contributed by atoms with Crippen molar-refractivity contribution in [1.82, 2.24) is 19.5 Å². The van der Waals surface area contributed by atoms with Gasteiger partial charge in [-0.25, -0.2) is 9.48 Å². The van der Waals surface area contributed by atoms with Crippen molar-refractivity contribution in [2.75, 3.05) is 0 Å². The summed E-state index contributed by atoms with van der Waals surface area (Å²) in [5.74, 6) is 0.356. The van der Waals surface area contributed by atoms with E-state index in [0.29, 0.717) is 5.92 Å². The predicted octanol–water partition coefficient (Wildman–Crippen LogP) is 1.19. The maximum atomic E-state index is 12.2. The molecule has 0 spiro atoms. The Morgan fingerprint density at radius 3 is 3.05 bits per heavy atom. The molecule has 6 heteroatoms. The molecule has 2 aromatic heterocycles. The summed E-state index contributed by atoms with van der Waals surface area (Å²) in [4.78, 5) is 24.3. The molecule has 0 bridgehead atoms. The molecule has 3 rings (SSSR count). The molecule has 6 nitrogen and oxygen atoms in total. The third-order valence-electron chi connectivity index (χ3n) is 4.29. The largest absolute Gasteiger partial charge is 0.351 e. The quantitative estimate of drug-likeness (QED) is 0.922. The number of nitrogens with one attached hydrogen (secondary N) is 1. The van der Waals surface area contributed by atoms with Crippen LogP contribution in [-0.4, -0.2) is 26.1 Å². The van der Waals surface area contributed by atoms with Crippen LogP contribution in [0.4, 0.5) is 0 Å². The highest BCUT2D eigenvalue weighted by molar-refractivity contribution is 5.76. The molecule has 0 aliphatic heterocycles. The van der Waals surface area contributed by atoms with Crippen molar-refractivity contribution in [1.29, 1.82) is 0 Å². The van der Waals surface area contributed by atoms with Crippen molar-refractivity contribution in [2.24, 2.45) is 5.92 Å². The molecule has 2 aromatic rings. The van der Waals surface area contributed by atoms with Gasteiger partial charge in [0, 0.05) is 12.2 Å². The standard InChI is InChI=1S/C15H20N4O2/c1-11-5-2-3-7-13(11)17-14(20)10-19-15(21)18-8-4-6-12(18)9-16-19/h4,6,8-9,11,13H,2-3,5,7,10H2,1H3,(H,17,20). The van der Waals surface area contributed by atoms with E-state index in [2.05, 4.69) is 17.3 Å². The van der Waals surface area contributed by atoms with Crippen LogP contribution in [0.25, 0.3) is 5.52 Å². The minimum absolute atomic E-state index is 0.0316. The average molecular weight is 288 g/mol. The van der Waals surface area contributed by atoms with E-state index in [1.807, 2.05) is 6.07 Å². The minimum Gasteiger partial charge on any atom is -0.351 e. The summed E-state index contributed by atoms with van der Waals surface area (Å²) < 4.78 is 2.69. The molecule has 1 N–H and O–H groups in total. The maximum absolute atomic E-state index is 12.2. The zero-order valence-electron chi connectivity index (χ0n) is 12.2. The molecule has 2 unspecified atom stereocenters. The number of hydrogen-bond acceptors (Lipinski definition) is 3. The molecule has 1 aliphatic carbocycles. The zero-order chi connectivity index (χ0) is 14.8. The number of nitrogens with zero attached hydrogens (tertiary/aromatic N) is 3. The average Bonchev–Trinajstić information content (AvgIpc) is 2.94. The number of aromatic nitrogens is 3. The predicted molar refractivity (Wildman–Crippen MR) is 79.0 cm³/mol. The van der Waals surface area contributed by atoms with Crippen LogP contribution < -0.4 is 11.0 Å². The monoisotopic (exact) mass is 288 g/mol. The van der Waals surface area contributed by atoms with Gasteiger partial charge >= 0.3 is 5.69 Å². The molecule has 112 valence electrons. The van der Waals surface area contributed by atoms with E-state index in [4.69, 9.17) is 0 Å². The van der Waals surface area contributed by atoms with Crippen LogP contribution >= 0.6 is 0 Å². The highest BCUT2D eigenvalue weighted by Gasteiger charge is 2.23. The Balaban J connectivity index is 1.71. The van der Waals surface area contributed by atoms with Crippen molar-refractivity contribution in [2.45, 2.75) is 45.2 Å². The lowest BCUT2D eigenvalue weighted by atomic mass is 9.86. The summed E-state index contributed by atoms with van der Waals surface area (Å²) in [6.07, 6.45) is 7.83. The lowest BCUT2D eigenvalue weighted by molar-refractivity contribution is -0.123. The highest BCUT2D eigenvalue weighted by Crippen LogP contribution is 2.23. The van der Waals surface area contributed by atoms with E-state index in [0.717, 1.165) is 24.8 Å². The Morgan fingerprint density at radius 2 is 2.24 bits per heavy atom. The molecular weight excluding hydrogens is 268 g/mol. The van der Waals surface area contributed by atoms with Crippen LogP contribution in [0.15, 0.2) is 29.3 Å². The van der Waals surface area contributed by atoms with Gasteiger partial charge in [0.25, 0.3) is 0 Å². The number of rotatable bonds is 3. The van der Waals surface area contributed by atoms with Crippen molar-refractivity contribution in [3.63, 3.8) is 0 Å². The SMILES string of the molecule is CC1CCCCC1NC(=O)Cn1ncc2cccn2c1=O. The van der Waals surface area contributed by atoms with Gasteiger partial charge in [0.15, 0.2) is 0 Å². The fraction of sp³-hybridized carbons (Fsp3) is 0.533. The lowest BCUT2D eigenvalue weighted by Crippen LogP contribution is -2.44. The first-order valence-corrected chi connectivity index (χ1v) is 7.48. The Morgan fingerprint density at radius 1 is 1.43 bits per heavy atom. The number of hydrogen-bond donors (Lipinski definition) is 1. The van der Waals surface area contributed by atoms with Crippen LogP contribution in [-0.2, 0) is 11.3 Å². The Kier molecular flexibility index (Phi) is 3.77. The molecule has 2 atom stereocenters. The number of amides is 1. The van der Waals surface area contributed by atoms with Gasteiger partial charge in [0.2, 0.25) is 5.91 Å². The first-order chi connectivity index (χ1) is 10.1. The third-order valence-corrected chi connectivity index (χ3v) is 4.29. The van der Waals surface area contributed by atoms with Crippen molar-refractivity contribution >= 4 is 11.4 Å².